The second-order valence-electron chi connectivity index (χ2n) is 7.54. The number of aryl methyl sites for hydroxylation is 1. The summed E-state index contributed by atoms with van der Waals surface area (Å²) in [5.74, 6) is 1.62. The molecule has 1 aliphatic heterocycles. The Hall–Kier alpha value is -1.85. The first-order valence-electron chi connectivity index (χ1n) is 9.92. The molecule has 0 aliphatic carbocycles. The number of likely N-dealkylation sites (tertiary alicyclic amines) is 1. The minimum Gasteiger partial charge on any atom is -0.356 e. The third-order valence-corrected chi connectivity index (χ3v) is 6.39. The Labute approximate surface area is 167 Å². The first-order valence-corrected chi connectivity index (χ1v) is 10.8. The predicted molar refractivity (Wildman–Crippen MR) is 116 cm³/mol. The van der Waals surface area contributed by atoms with Gasteiger partial charge in [-0.25, -0.2) is 0 Å². The summed E-state index contributed by atoms with van der Waals surface area (Å²) in [5.41, 5.74) is 2.75. The van der Waals surface area contributed by atoms with Crippen molar-refractivity contribution in [3.05, 3.63) is 57.8 Å². The Morgan fingerprint density at radius 2 is 1.96 bits per heavy atom. The van der Waals surface area contributed by atoms with Crippen LogP contribution in [0, 0.1) is 12.8 Å². The smallest absolute Gasteiger partial charge is 0.191 e. The highest BCUT2D eigenvalue weighted by molar-refractivity contribution is 7.10. The van der Waals surface area contributed by atoms with Gasteiger partial charge in [-0.3, -0.25) is 9.89 Å². The quantitative estimate of drug-likeness (QED) is 0.579. The third-order valence-electron chi connectivity index (χ3n) is 5.34. The van der Waals surface area contributed by atoms with E-state index < -0.39 is 0 Å². The zero-order chi connectivity index (χ0) is 19.1. The van der Waals surface area contributed by atoms with Crippen LogP contribution in [0.3, 0.4) is 0 Å². The topological polar surface area (TPSA) is 39.7 Å². The van der Waals surface area contributed by atoms with E-state index in [1.165, 1.54) is 41.9 Å². The van der Waals surface area contributed by atoms with Gasteiger partial charge in [0.2, 0.25) is 0 Å². The van der Waals surface area contributed by atoms with Gasteiger partial charge >= 0.3 is 0 Å². The molecule has 0 bridgehead atoms. The molecule has 146 valence electrons. The molecule has 4 nitrogen and oxygen atoms in total. The summed E-state index contributed by atoms with van der Waals surface area (Å²) in [4.78, 5) is 8.30. The molecule has 0 radical (unpaired) electrons. The van der Waals surface area contributed by atoms with E-state index >= 15 is 0 Å². The Morgan fingerprint density at radius 1 is 1.22 bits per heavy atom. The monoisotopic (exact) mass is 384 g/mol. The van der Waals surface area contributed by atoms with Crippen molar-refractivity contribution in [1.82, 2.24) is 15.5 Å². The minimum absolute atomic E-state index is 0.285. The van der Waals surface area contributed by atoms with Gasteiger partial charge in [-0.1, -0.05) is 35.9 Å². The van der Waals surface area contributed by atoms with Crippen molar-refractivity contribution < 1.29 is 0 Å². The Bertz CT molecular complexity index is 700. The first-order chi connectivity index (χ1) is 13.1. The minimum atomic E-state index is 0.285. The van der Waals surface area contributed by atoms with Crippen LogP contribution in [0.2, 0.25) is 0 Å². The van der Waals surface area contributed by atoms with Gasteiger partial charge in [0.15, 0.2) is 5.96 Å². The van der Waals surface area contributed by atoms with Gasteiger partial charge in [0.1, 0.15) is 0 Å². The van der Waals surface area contributed by atoms with E-state index in [1.54, 1.807) is 11.3 Å². The van der Waals surface area contributed by atoms with Crippen LogP contribution in [0.5, 0.6) is 0 Å². The molecule has 0 saturated carbocycles. The van der Waals surface area contributed by atoms with Gasteiger partial charge in [-0.2, -0.15) is 0 Å². The van der Waals surface area contributed by atoms with Crippen molar-refractivity contribution in [2.45, 2.75) is 39.3 Å². The number of piperidine rings is 1. The van der Waals surface area contributed by atoms with Gasteiger partial charge < -0.3 is 10.6 Å². The molecule has 0 spiro atoms. The number of rotatable bonds is 6. The fourth-order valence-electron chi connectivity index (χ4n) is 3.55. The largest absolute Gasteiger partial charge is 0.356 e. The number of thiophene rings is 1. The first kappa shape index (κ1) is 19.9. The maximum atomic E-state index is 4.39. The number of benzene rings is 1. The number of nitrogens with one attached hydrogen (secondary N) is 2. The van der Waals surface area contributed by atoms with E-state index in [-0.39, 0.29) is 6.04 Å². The summed E-state index contributed by atoms with van der Waals surface area (Å²) in [6.07, 6.45) is 2.49. The third kappa shape index (κ3) is 6.08. The fraction of sp³-hybridized carbons (Fsp3) is 0.500. The highest BCUT2D eigenvalue weighted by atomic mass is 32.1. The van der Waals surface area contributed by atoms with Crippen molar-refractivity contribution in [3.8, 4) is 0 Å². The van der Waals surface area contributed by atoms with Gasteiger partial charge in [-0.15, -0.1) is 11.3 Å². The molecule has 1 atom stereocenters. The molecule has 2 aromatic rings. The molecule has 0 amide bonds. The van der Waals surface area contributed by atoms with Crippen molar-refractivity contribution in [3.63, 3.8) is 0 Å². The lowest BCUT2D eigenvalue weighted by atomic mass is 9.96. The van der Waals surface area contributed by atoms with Crippen molar-refractivity contribution in [2.75, 3.05) is 26.7 Å². The highest BCUT2D eigenvalue weighted by Crippen LogP contribution is 2.20. The summed E-state index contributed by atoms with van der Waals surface area (Å²) in [5, 5.41) is 9.14. The summed E-state index contributed by atoms with van der Waals surface area (Å²) in [7, 11) is 1.85. The molecule has 1 fully saturated rings. The molecule has 2 heterocycles. The standard InChI is InChI=1S/C22H32N4S/c1-17-6-8-20(9-7-17)16-26-12-10-19(11-13-26)15-24-22(23-3)25-18(2)21-5-4-14-27-21/h4-9,14,18-19H,10-13,15-16H2,1-3H3,(H2,23,24,25). The number of nitrogens with zero attached hydrogens (tertiary/aromatic N) is 2. The number of guanidine groups is 1. The zero-order valence-electron chi connectivity index (χ0n) is 16.7. The molecule has 27 heavy (non-hydrogen) atoms. The van der Waals surface area contributed by atoms with Gasteiger partial charge in [-0.05, 0) is 62.7 Å². The Balaban J connectivity index is 1.39. The van der Waals surface area contributed by atoms with E-state index in [2.05, 4.69) is 76.2 Å². The van der Waals surface area contributed by atoms with E-state index in [4.69, 9.17) is 0 Å². The van der Waals surface area contributed by atoms with Crippen molar-refractivity contribution in [1.29, 1.82) is 0 Å². The average molecular weight is 385 g/mol. The summed E-state index contributed by atoms with van der Waals surface area (Å²) in [6.45, 7) is 8.75. The second kappa shape index (κ2) is 9.90. The molecule has 1 aliphatic rings. The lowest BCUT2D eigenvalue weighted by Crippen LogP contribution is -2.43. The summed E-state index contributed by atoms with van der Waals surface area (Å²) in [6, 6.07) is 13.5. The number of aliphatic imine (C=N–C) groups is 1. The number of hydrogen-bond donors (Lipinski definition) is 2. The molecule has 1 aromatic carbocycles. The lowest BCUT2D eigenvalue weighted by Gasteiger charge is -2.32. The molecular formula is C22H32N4S. The molecule has 5 heteroatoms. The summed E-state index contributed by atoms with van der Waals surface area (Å²) < 4.78 is 0. The van der Waals surface area contributed by atoms with E-state index in [9.17, 15) is 0 Å². The SMILES string of the molecule is CN=C(NCC1CCN(Cc2ccc(C)cc2)CC1)NC(C)c1cccs1. The molecular weight excluding hydrogens is 352 g/mol. The van der Waals surface area contributed by atoms with E-state index in [0.29, 0.717) is 0 Å². The summed E-state index contributed by atoms with van der Waals surface area (Å²) >= 11 is 1.78. The van der Waals surface area contributed by atoms with Crippen molar-refractivity contribution >= 4 is 17.3 Å². The van der Waals surface area contributed by atoms with Crippen LogP contribution in [0.25, 0.3) is 0 Å². The van der Waals surface area contributed by atoms with Crippen LogP contribution in [-0.2, 0) is 6.54 Å². The maximum Gasteiger partial charge on any atom is 0.191 e. The fourth-order valence-corrected chi connectivity index (χ4v) is 4.28. The van der Waals surface area contributed by atoms with Crippen LogP contribution in [0.4, 0.5) is 0 Å². The van der Waals surface area contributed by atoms with Crippen LogP contribution in [0.1, 0.15) is 41.8 Å². The Kier molecular flexibility index (Phi) is 7.30. The average Bonchev–Trinajstić information content (AvgIpc) is 3.23. The van der Waals surface area contributed by atoms with Crippen LogP contribution >= 0.6 is 11.3 Å². The predicted octanol–water partition coefficient (Wildman–Crippen LogP) is 4.19. The van der Waals surface area contributed by atoms with Gasteiger partial charge in [0, 0.05) is 25.0 Å². The molecule has 1 saturated heterocycles. The van der Waals surface area contributed by atoms with Crippen LogP contribution in [-0.4, -0.2) is 37.5 Å². The van der Waals surface area contributed by atoms with E-state index in [1.807, 2.05) is 7.05 Å². The van der Waals surface area contributed by atoms with Crippen molar-refractivity contribution in [2.24, 2.45) is 10.9 Å². The zero-order valence-corrected chi connectivity index (χ0v) is 17.6. The number of hydrogen-bond acceptors (Lipinski definition) is 3. The maximum absolute atomic E-state index is 4.39. The molecule has 1 aromatic heterocycles. The van der Waals surface area contributed by atoms with Crippen LogP contribution in [0.15, 0.2) is 46.8 Å². The molecule has 2 N–H and O–H groups in total. The molecule has 3 rings (SSSR count). The highest BCUT2D eigenvalue weighted by Gasteiger charge is 2.19. The van der Waals surface area contributed by atoms with Gasteiger partial charge in [0.25, 0.3) is 0 Å². The Morgan fingerprint density at radius 3 is 2.59 bits per heavy atom. The normalized spacial score (nSPS) is 17.7. The lowest BCUT2D eigenvalue weighted by molar-refractivity contribution is 0.178. The molecule has 1 unspecified atom stereocenters. The van der Waals surface area contributed by atoms with Crippen LogP contribution < -0.4 is 10.6 Å². The van der Waals surface area contributed by atoms with E-state index in [0.717, 1.165) is 25.0 Å². The second-order valence-corrected chi connectivity index (χ2v) is 8.52. The van der Waals surface area contributed by atoms with Gasteiger partial charge in [0.05, 0.1) is 6.04 Å².